The van der Waals surface area contributed by atoms with Gasteiger partial charge < -0.3 is 0 Å². The van der Waals surface area contributed by atoms with Crippen molar-refractivity contribution in [2.45, 2.75) is 247 Å². The quantitative estimate of drug-likeness (QED) is 0.0488. The first-order valence-electron chi connectivity index (χ1n) is 22.1. The number of benzene rings is 1. The zero-order chi connectivity index (χ0) is 35.3. The fraction of sp³-hybridized carbons (Fsp3) is 0.848. The lowest BCUT2D eigenvalue weighted by Gasteiger charge is -2.17. The van der Waals surface area contributed by atoms with Gasteiger partial charge in [-0.2, -0.15) is 0 Å². The molecule has 0 aliphatic heterocycles. The van der Waals surface area contributed by atoms with Crippen LogP contribution in [0.3, 0.4) is 0 Å². The van der Waals surface area contributed by atoms with E-state index in [0.29, 0.717) is 0 Å². The maximum atomic E-state index is 4.16. The zero-order valence-corrected chi connectivity index (χ0v) is 36.0. The highest BCUT2D eigenvalue weighted by Gasteiger charge is 2.14. The Labute approximate surface area is 322 Å². The van der Waals surface area contributed by atoms with Gasteiger partial charge in [-0.3, -0.25) is 0 Å². The van der Waals surface area contributed by atoms with E-state index in [1.807, 2.05) is 0 Å². The molecule has 0 spiro atoms. The Morgan fingerprint density at radius 3 is 0.959 bits per heavy atom. The van der Waals surface area contributed by atoms with Crippen LogP contribution in [-0.4, -0.2) is 17.3 Å². The van der Waals surface area contributed by atoms with Gasteiger partial charge in [0.25, 0.3) is 0 Å². The van der Waals surface area contributed by atoms with Gasteiger partial charge in [-0.1, -0.05) is 207 Å². The highest BCUT2D eigenvalue weighted by molar-refractivity contribution is 8.03. The summed E-state index contributed by atoms with van der Waals surface area (Å²) in [4.78, 5) is 4.82. The van der Waals surface area contributed by atoms with Crippen molar-refractivity contribution in [2.75, 3.05) is 17.3 Å². The third kappa shape index (κ3) is 29.4. The average Bonchev–Trinajstić information content (AvgIpc) is 3.11. The Morgan fingerprint density at radius 1 is 0.367 bits per heavy atom. The second-order valence-corrected chi connectivity index (χ2v) is 18.3. The summed E-state index contributed by atoms with van der Waals surface area (Å²) in [6.45, 7) is 11.1. The first kappa shape index (κ1) is 47.3. The van der Waals surface area contributed by atoms with Crippen molar-refractivity contribution in [1.82, 2.24) is 0 Å². The standard InChI is InChI=1S/C46H85S3/c1-5-9-13-16-19-22-25-28-31-34-38-47-44-41-43(37-12-8-4)42-45(48-39-35-32-29-26-23-20-17-14-10-6-2)46(44)49-40-36-33-30-27-24-21-18-15-11-7-3/h41-42H,4-40H2,1-3H3. The molecule has 0 nitrogen and oxygen atoms in total. The largest absolute Gasteiger partial charge is 0.125 e. The number of hydrogen-bond donors (Lipinski definition) is 0. The molecular weight excluding hydrogens is 649 g/mol. The minimum atomic E-state index is 1.04. The van der Waals surface area contributed by atoms with E-state index in [2.05, 4.69) is 75.1 Å². The summed E-state index contributed by atoms with van der Waals surface area (Å²) < 4.78 is 0. The van der Waals surface area contributed by atoms with E-state index >= 15 is 0 Å². The van der Waals surface area contributed by atoms with Crippen LogP contribution in [0.15, 0.2) is 26.8 Å². The fourth-order valence-corrected chi connectivity index (χ4v) is 10.6. The Morgan fingerprint density at radius 2 is 0.653 bits per heavy atom. The third-order valence-corrected chi connectivity index (χ3v) is 13.8. The van der Waals surface area contributed by atoms with Crippen molar-refractivity contribution in [3.63, 3.8) is 0 Å². The Kier molecular flexibility index (Phi) is 36.7. The van der Waals surface area contributed by atoms with Crippen molar-refractivity contribution in [2.24, 2.45) is 0 Å². The number of thioether (sulfide) groups is 3. The first-order chi connectivity index (χ1) is 24.3. The van der Waals surface area contributed by atoms with Gasteiger partial charge >= 0.3 is 0 Å². The molecular formula is C46H85S3. The first-order valence-corrected chi connectivity index (χ1v) is 25.1. The highest BCUT2D eigenvalue weighted by atomic mass is 32.2. The van der Waals surface area contributed by atoms with Crippen LogP contribution in [0.2, 0.25) is 0 Å². The molecule has 1 rings (SSSR count). The van der Waals surface area contributed by atoms with E-state index in [1.54, 1.807) is 20.2 Å². The Hall–Kier alpha value is 0.270. The molecule has 1 radical (unpaired) electrons. The van der Waals surface area contributed by atoms with Gasteiger partial charge in [-0.05, 0) is 67.1 Å². The minimum absolute atomic E-state index is 1.04. The number of unbranched alkanes of at least 4 members (excludes halogenated alkanes) is 28. The minimum Gasteiger partial charge on any atom is -0.125 e. The van der Waals surface area contributed by atoms with Crippen LogP contribution in [0.4, 0.5) is 0 Å². The molecule has 0 heterocycles. The van der Waals surface area contributed by atoms with Crippen LogP contribution in [0, 0.1) is 6.92 Å². The van der Waals surface area contributed by atoms with Gasteiger partial charge in [0.1, 0.15) is 0 Å². The maximum Gasteiger partial charge on any atom is 0.0344 e. The lowest BCUT2D eigenvalue weighted by atomic mass is 10.1. The molecule has 0 aliphatic carbocycles. The van der Waals surface area contributed by atoms with E-state index in [-0.39, 0.29) is 0 Å². The number of hydrogen-bond acceptors (Lipinski definition) is 3. The molecule has 0 N–H and O–H groups in total. The number of aryl methyl sites for hydroxylation is 1. The van der Waals surface area contributed by atoms with Crippen LogP contribution in [0.25, 0.3) is 0 Å². The lowest BCUT2D eigenvalue weighted by molar-refractivity contribution is 0.563. The van der Waals surface area contributed by atoms with Gasteiger partial charge in [0, 0.05) is 14.7 Å². The summed E-state index contributed by atoms with van der Waals surface area (Å²) in [7, 11) is 0. The van der Waals surface area contributed by atoms with Crippen molar-refractivity contribution in [1.29, 1.82) is 0 Å². The summed E-state index contributed by atoms with van der Waals surface area (Å²) in [6.07, 6.45) is 46.1. The molecule has 0 aromatic heterocycles. The predicted octanol–water partition coefficient (Wildman–Crippen LogP) is 17.9. The predicted molar refractivity (Wildman–Crippen MR) is 232 cm³/mol. The summed E-state index contributed by atoms with van der Waals surface area (Å²) in [5.74, 6) is 3.85. The molecule has 0 amide bonds. The van der Waals surface area contributed by atoms with Crippen LogP contribution in [-0.2, 0) is 6.42 Å². The Balaban J connectivity index is 2.64. The van der Waals surface area contributed by atoms with E-state index in [9.17, 15) is 0 Å². The SMILES string of the molecule is [CH2]CCCc1cc(SCCCCCCCCCCCC)c(SCCCCCCCCCCCC)c(SCCCCCCCCCCCC)c1. The molecule has 0 saturated heterocycles. The lowest BCUT2D eigenvalue weighted by Crippen LogP contribution is -1.95. The van der Waals surface area contributed by atoms with E-state index < -0.39 is 0 Å². The molecule has 0 fully saturated rings. The molecule has 1 aromatic rings. The average molecular weight is 734 g/mol. The van der Waals surface area contributed by atoms with Crippen LogP contribution in [0.1, 0.15) is 232 Å². The second-order valence-electron chi connectivity index (χ2n) is 15.0. The molecule has 0 unspecified atom stereocenters. The summed E-state index contributed by atoms with van der Waals surface area (Å²) in [6, 6.07) is 5.17. The number of rotatable bonds is 39. The molecule has 0 atom stereocenters. The van der Waals surface area contributed by atoms with E-state index in [1.165, 1.54) is 223 Å². The fourth-order valence-electron chi connectivity index (χ4n) is 6.77. The zero-order valence-electron chi connectivity index (χ0n) is 33.5. The molecule has 1 aromatic carbocycles. The van der Waals surface area contributed by atoms with Crippen molar-refractivity contribution in [3.8, 4) is 0 Å². The van der Waals surface area contributed by atoms with Gasteiger partial charge in [-0.15, -0.1) is 35.3 Å². The smallest absolute Gasteiger partial charge is 0.0344 e. The summed E-state index contributed by atoms with van der Waals surface area (Å²) in [5.41, 5.74) is 1.56. The summed E-state index contributed by atoms with van der Waals surface area (Å²) >= 11 is 6.55. The maximum absolute atomic E-state index is 4.16. The Bertz CT molecular complexity index is 759. The van der Waals surface area contributed by atoms with Crippen molar-refractivity contribution in [3.05, 3.63) is 24.6 Å². The monoisotopic (exact) mass is 734 g/mol. The molecule has 49 heavy (non-hydrogen) atoms. The van der Waals surface area contributed by atoms with Gasteiger partial charge in [0.15, 0.2) is 0 Å². The topological polar surface area (TPSA) is 0 Å². The third-order valence-electron chi connectivity index (χ3n) is 10.1. The van der Waals surface area contributed by atoms with Crippen molar-refractivity contribution < 1.29 is 0 Å². The van der Waals surface area contributed by atoms with Crippen molar-refractivity contribution >= 4 is 35.3 Å². The molecule has 0 bridgehead atoms. The van der Waals surface area contributed by atoms with Crippen LogP contribution in [0.5, 0.6) is 0 Å². The molecule has 3 heteroatoms. The van der Waals surface area contributed by atoms with Gasteiger partial charge in [-0.25, -0.2) is 0 Å². The van der Waals surface area contributed by atoms with Crippen LogP contribution >= 0.6 is 35.3 Å². The van der Waals surface area contributed by atoms with Crippen LogP contribution < -0.4 is 0 Å². The van der Waals surface area contributed by atoms with Gasteiger partial charge in [0.2, 0.25) is 0 Å². The molecule has 0 saturated carbocycles. The van der Waals surface area contributed by atoms with E-state index in [4.69, 9.17) is 0 Å². The van der Waals surface area contributed by atoms with E-state index in [0.717, 1.165) is 6.42 Å². The normalized spacial score (nSPS) is 11.6. The van der Waals surface area contributed by atoms with Gasteiger partial charge in [0.05, 0.1) is 0 Å². The second kappa shape index (κ2) is 38.0. The molecule has 287 valence electrons. The molecule has 0 aliphatic rings. The summed E-state index contributed by atoms with van der Waals surface area (Å²) in [5, 5.41) is 0. The highest BCUT2D eigenvalue weighted by Crippen LogP contribution is 2.41.